The van der Waals surface area contributed by atoms with Crippen LogP contribution < -0.4 is 4.90 Å². The summed E-state index contributed by atoms with van der Waals surface area (Å²) < 4.78 is 0. The average Bonchev–Trinajstić information content (AvgIpc) is 2.48. The van der Waals surface area contributed by atoms with E-state index in [1.807, 2.05) is 0 Å². The quantitative estimate of drug-likeness (QED) is 0.796. The predicted octanol–water partition coefficient (Wildman–Crippen LogP) is 3.73. The molecule has 1 heterocycles. The Bertz CT molecular complexity index is 381. The van der Waals surface area contributed by atoms with Gasteiger partial charge in [0, 0.05) is 31.9 Å². The molecule has 0 amide bonds. The highest BCUT2D eigenvalue weighted by molar-refractivity contribution is 5.49. The van der Waals surface area contributed by atoms with Crippen molar-refractivity contribution in [2.45, 2.75) is 39.5 Å². The summed E-state index contributed by atoms with van der Waals surface area (Å²) in [6.07, 6.45) is 2.55. The van der Waals surface area contributed by atoms with Crippen LogP contribution in [0.3, 0.4) is 0 Å². The van der Waals surface area contributed by atoms with E-state index < -0.39 is 0 Å². The van der Waals surface area contributed by atoms with Gasteiger partial charge in [0.2, 0.25) is 0 Å². The van der Waals surface area contributed by atoms with Crippen molar-refractivity contribution < 1.29 is 0 Å². The van der Waals surface area contributed by atoms with Gasteiger partial charge in [0.25, 0.3) is 0 Å². The number of nitrogens with zero attached hydrogens (tertiary/aromatic N) is 2. The van der Waals surface area contributed by atoms with Crippen LogP contribution in [0, 0.1) is 0 Å². The number of hydrogen-bond acceptors (Lipinski definition) is 2. The smallest absolute Gasteiger partial charge is 0.0369 e. The first-order chi connectivity index (χ1) is 9.24. The Morgan fingerprint density at radius 1 is 1.11 bits per heavy atom. The molecule has 19 heavy (non-hydrogen) atoms. The molecule has 0 aliphatic carbocycles. The summed E-state index contributed by atoms with van der Waals surface area (Å²) in [4.78, 5) is 5.06. The maximum atomic E-state index is 2.54. The van der Waals surface area contributed by atoms with Gasteiger partial charge in [-0.25, -0.2) is 0 Å². The van der Waals surface area contributed by atoms with E-state index in [4.69, 9.17) is 0 Å². The van der Waals surface area contributed by atoms with Gasteiger partial charge in [0.1, 0.15) is 0 Å². The van der Waals surface area contributed by atoms with Crippen molar-refractivity contribution in [3.63, 3.8) is 0 Å². The van der Waals surface area contributed by atoms with E-state index in [2.05, 4.69) is 54.8 Å². The summed E-state index contributed by atoms with van der Waals surface area (Å²) in [7, 11) is 0. The van der Waals surface area contributed by atoms with E-state index in [-0.39, 0.29) is 0 Å². The lowest BCUT2D eigenvalue weighted by molar-refractivity contribution is 0.271. The molecule has 2 rings (SSSR count). The predicted molar refractivity (Wildman–Crippen MR) is 84.1 cm³/mol. The van der Waals surface area contributed by atoms with E-state index in [1.54, 1.807) is 0 Å². The number of hydrogen-bond donors (Lipinski definition) is 0. The number of anilines is 1. The zero-order valence-corrected chi connectivity index (χ0v) is 12.7. The molecule has 1 aliphatic rings. The number of likely N-dealkylation sites (N-methyl/N-ethyl adjacent to an activating group) is 1. The first-order valence-corrected chi connectivity index (χ1v) is 7.81. The highest BCUT2D eigenvalue weighted by atomic mass is 15.3. The molecule has 1 saturated heterocycles. The molecule has 1 fully saturated rings. The molecule has 2 heteroatoms. The molecule has 0 spiro atoms. The zero-order chi connectivity index (χ0) is 13.7. The molecule has 1 aliphatic heterocycles. The highest BCUT2D eigenvalue weighted by Gasteiger charge is 2.16. The van der Waals surface area contributed by atoms with Crippen molar-refractivity contribution in [2.24, 2.45) is 0 Å². The van der Waals surface area contributed by atoms with Crippen LogP contribution in [-0.2, 0) is 0 Å². The van der Waals surface area contributed by atoms with Crippen LogP contribution in [0.2, 0.25) is 0 Å². The van der Waals surface area contributed by atoms with Gasteiger partial charge in [-0.3, -0.25) is 0 Å². The monoisotopic (exact) mass is 260 g/mol. The molecule has 1 aromatic carbocycles. The van der Waals surface area contributed by atoms with Crippen LogP contribution in [0.5, 0.6) is 0 Å². The molecule has 0 N–H and O–H groups in total. The molecule has 0 radical (unpaired) electrons. The fraction of sp³-hybridized carbons (Fsp3) is 0.647. The van der Waals surface area contributed by atoms with Gasteiger partial charge in [0.15, 0.2) is 0 Å². The lowest BCUT2D eigenvalue weighted by Gasteiger charge is -2.35. The molecular formula is C17H28N2. The molecule has 2 nitrogen and oxygen atoms in total. The number of rotatable bonds is 5. The van der Waals surface area contributed by atoms with Crippen LogP contribution >= 0.6 is 0 Å². The van der Waals surface area contributed by atoms with Gasteiger partial charge in [-0.2, -0.15) is 0 Å². The van der Waals surface area contributed by atoms with E-state index in [0.717, 1.165) is 0 Å². The standard InChI is InChI=1S/C17H28N2/c1-4-7-15(3)16-8-6-9-17(14-16)19-12-10-18(5-2)11-13-19/h6,8-9,14-15H,4-5,7,10-13H2,1-3H3. The van der Waals surface area contributed by atoms with Crippen molar-refractivity contribution >= 4 is 5.69 Å². The van der Waals surface area contributed by atoms with Crippen LogP contribution in [-0.4, -0.2) is 37.6 Å². The Labute approximate surface area is 118 Å². The summed E-state index contributed by atoms with van der Waals surface area (Å²) >= 11 is 0. The second-order valence-corrected chi connectivity index (χ2v) is 5.71. The Kier molecular flexibility index (Phi) is 5.26. The summed E-state index contributed by atoms with van der Waals surface area (Å²) in [5.74, 6) is 0.682. The average molecular weight is 260 g/mol. The van der Waals surface area contributed by atoms with Crippen LogP contribution in [0.4, 0.5) is 5.69 Å². The van der Waals surface area contributed by atoms with Gasteiger partial charge in [-0.1, -0.05) is 39.3 Å². The van der Waals surface area contributed by atoms with Crippen molar-refractivity contribution in [3.05, 3.63) is 29.8 Å². The van der Waals surface area contributed by atoms with Crippen LogP contribution in [0.1, 0.15) is 45.1 Å². The minimum Gasteiger partial charge on any atom is -0.369 e. The fourth-order valence-corrected chi connectivity index (χ4v) is 2.95. The zero-order valence-electron chi connectivity index (χ0n) is 12.7. The van der Waals surface area contributed by atoms with E-state index in [1.165, 1.54) is 56.8 Å². The molecule has 0 saturated carbocycles. The molecule has 0 aromatic heterocycles. The normalized spacial score (nSPS) is 18.6. The first kappa shape index (κ1) is 14.4. The summed E-state index contributed by atoms with van der Waals surface area (Å²) in [6.45, 7) is 12.8. The Hall–Kier alpha value is -1.02. The molecule has 1 aromatic rings. The fourth-order valence-electron chi connectivity index (χ4n) is 2.95. The largest absolute Gasteiger partial charge is 0.369 e. The SMILES string of the molecule is CCCC(C)c1cccc(N2CCN(CC)CC2)c1. The van der Waals surface area contributed by atoms with Gasteiger partial charge in [-0.05, 0) is 36.6 Å². The van der Waals surface area contributed by atoms with Crippen molar-refractivity contribution in [2.75, 3.05) is 37.6 Å². The van der Waals surface area contributed by atoms with E-state index in [0.29, 0.717) is 5.92 Å². The number of benzene rings is 1. The third-order valence-corrected chi connectivity index (χ3v) is 4.35. The second-order valence-electron chi connectivity index (χ2n) is 5.71. The highest BCUT2D eigenvalue weighted by Crippen LogP contribution is 2.25. The van der Waals surface area contributed by atoms with Crippen molar-refractivity contribution in [1.82, 2.24) is 4.90 Å². The van der Waals surface area contributed by atoms with E-state index in [9.17, 15) is 0 Å². The van der Waals surface area contributed by atoms with Gasteiger partial charge >= 0.3 is 0 Å². The summed E-state index contributed by atoms with van der Waals surface area (Å²) in [5.41, 5.74) is 2.91. The molecule has 1 atom stereocenters. The topological polar surface area (TPSA) is 6.48 Å². The van der Waals surface area contributed by atoms with Crippen molar-refractivity contribution in [3.8, 4) is 0 Å². The van der Waals surface area contributed by atoms with Gasteiger partial charge in [-0.15, -0.1) is 0 Å². The minimum atomic E-state index is 0.682. The number of piperazine rings is 1. The Balaban J connectivity index is 2.03. The second kappa shape index (κ2) is 6.95. The van der Waals surface area contributed by atoms with Gasteiger partial charge < -0.3 is 9.80 Å². The lowest BCUT2D eigenvalue weighted by atomic mass is 9.96. The molecule has 106 valence electrons. The Morgan fingerprint density at radius 2 is 1.84 bits per heavy atom. The van der Waals surface area contributed by atoms with Crippen LogP contribution in [0.15, 0.2) is 24.3 Å². The van der Waals surface area contributed by atoms with Crippen LogP contribution in [0.25, 0.3) is 0 Å². The summed E-state index contributed by atoms with van der Waals surface area (Å²) in [5, 5.41) is 0. The third-order valence-electron chi connectivity index (χ3n) is 4.35. The maximum Gasteiger partial charge on any atom is 0.0369 e. The van der Waals surface area contributed by atoms with E-state index >= 15 is 0 Å². The van der Waals surface area contributed by atoms with Crippen molar-refractivity contribution in [1.29, 1.82) is 0 Å². The lowest BCUT2D eigenvalue weighted by Crippen LogP contribution is -2.46. The third kappa shape index (κ3) is 3.73. The van der Waals surface area contributed by atoms with Gasteiger partial charge in [0.05, 0.1) is 0 Å². The molecule has 0 bridgehead atoms. The molecular weight excluding hydrogens is 232 g/mol. The minimum absolute atomic E-state index is 0.682. The summed E-state index contributed by atoms with van der Waals surface area (Å²) in [6, 6.07) is 9.18. The first-order valence-electron chi connectivity index (χ1n) is 7.81. The maximum absolute atomic E-state index is 2.54. The molecule has 1 unspecified atom stereocenters. The Morgan fingerprint density at radius 3 is 2.47 bits per heavy atom.